The number of hydrogen-bond acceptors (Lipinski definition) is 7. The number of amides is 1. The predicted molar refractivity (Wildman–Crippen MR) is 140 cm³/mol. The molecule has 0 saturated carbocycles. The number of methoxy groups -OCH3 is 2. The van der Waals surface area contributed by atoms with Crippen LogP contribution in [0.15, 0.2) is 66.9 Å². The zero-order chi connectivity index (χ0) is 27.3. The third-order valence-electron chi connectivity index (χ3n) is 7.39. The van der Waals surface area contributed by atoms with Gasteiger partial charge in [-0.3, -0.25) is 9.59 Å². The minimum absolute atomic E-state index is 0.0466. The molecule has 1 aliphatic heterocycles. The molecule has 9 nitrogen and oxygen atoms in total. The third-order valence-corrected chi connectivity index (χ3v) is 7.39. The molecule has 1 aromatic heterocycles. The second-order valence-electron chi connectivity index (χ2n) is 9.64. The first-order chi connectivity index (χ1) is 18.4. The molecule has 0 bridgehead atoms. The first kappa shape index (κ1) is 27.0. The summed E-state index contributed by atoms with van der Waals surface area (Å²) in [4.78, 5) is 42.3. The van der Waals surface area contributed by atoms with E-state index in [1.165, 1.54) is 23.8 Å². The Kier molecular flexibility index (Phi) is 8.24. The SMILES string of the molecule is CCCC(C)c1cn(CC(=O)N2[C@@H](C(=O)OC)C[C@@H](C(=O)OC)C2(c2ccccc2)c2ccccc2)nn1. The summed E-state index contributed by atoms with van der Waals surface area (Å²) in [7, 11) is 2.59. The minimum Gasteiger partial charge on any atom is -0.469 e. The van der Waals surface area contributed by atoms with E-state index in [2.05, 4.69) is 24.2 Å². The molecule has 1 unspecified atom stereocenters. The number of esters is 2. The van der Waals surface area contributed by atoms with Crippen molar-refractivity contribution in [1.29, 1.82) is 0 Å². The van der Waals surface area contributed by atoms with Crippen molar-refractivity contribution in [3.8, 4) is 0 Å². The van der Waals surface area contributed by atoms with Gasteiger partial charge in [0.25, 0.3) is 0 Å². The summed E-state index contributed by atoms with van der Waals surface area (Å²) < 4.78 is 11.9. The van der Waals surface area contributed by atoms with Gasteiger partial charge < -0.3 is 14.4 Å². The van der Waals surface area contributed by atoms with Crippen LogP contribution in [0.4, 0.5) is 0 Å². The Labute approximate surface area is 222 Å². The van der Waals surface area contributed by atoms with Crippen LogP contribution in [0.2, 0.25) is 0 Å². The Balaban J connectivity index is 1.89. The summed E-state index contributed by atoms with van der Waals surface area (Å²) in [5, 5.41) is 8.47. The number of carbonyl (C=O) groups excluding carboxylic acids is 3. The van der Waals surface area contributed by atoms with Crippen LogP contribution in [0, 0.1) is 5.92 Å². The Morgan fingerprint density at radius 1 is 0.974 bits per heavy atom. The maximum Gasteiger partial charge on any atom is 0.328 e. The molecule has 2 heterocycles. The fourth-order valence-electron chi connectivity index (χ4n) is 5.67. The number of carbonyl (C=O) groups is 3. The van der Waals surface area contributed by atoms with E-state index in [4.69, 9.17) is 9.47 Å². The van der Waals surface area contributed by atoms with E-state index in [9.17, 15) is 14.4 Å². The number of benzene rings is 2. The highest BCUT2D eigenvalue weighted by Crippen LogP contribution is 2.52. The summed E-state index contributed by atoms with van der Waals surface area (Å²) in [6.45, 7) is 4.02. The summed E-state index contributed by atoms with van der Waals surface area (Å²) in [5.41, 5.74) is 0.870. The van der Waals surface area contributed by atoms with E-state index in [0.717, 1.165) is 18.5 Å². The maximum absolute atomic E-state index is 14.2. The van der Waals surface area contributed by atoms with Crippen molar-refractivity contribution in [2.24, 2.45) is 5.92 Å². The van der Waals surface area contributed by atoms with E-state index < -0.39 is 29.4 Å². The van der Waals surface area contributed by atoms with Gasteiger partial charge in [0.15, 0.2) is 0 Å². The first-order valence-corrected chi connectivity index (χ1v) is 12.9. The van der Waals surface area contributed by atoms with E-state index in [-0.39, 0.29) is 24.8 Å². The van der Waals surface area contributed by atoms with Gasteiger partial charge in [-0.2, -0.15) is 0 Å². The largest absolute Gasteiger partial charge is 0.469 e. The van der Waals surface area contributed by atoms with Gasteiger partial charge in [-0.15, -0.1) is 5.10 Å². The average Bonchev–Trinajstić information content (AvgIpc) is 3.57. The summed E-state index contributed by atoms with van der Waals surface area (Å²) >= 11 is 0. The molecule has 0 N–H and O–H groups in total. The highest BCUT2D eigenvalue weighted by atomic mass is 16.5. The lowest BCUT2D eigenvalue weighted by Gasteiger charge is -2.43. The van der Waals surface area contributed by atoms with Gasteiger partial charge in [-0.1, -0.05) is 86.1 Å². The van der Waals surface area contributed by atoms with Crippen LogP contribution in [-0.4, -0.2) is 58.0 Å². The highest BCUT2D eigenvalue weighted by Gasteiger charge is 2.62. The topological polar surface area (TPSA) is 104 Å². The van der Waals surface area contributed by atoms with Crippen LogP contribution in [0.25, 0.3) is 0 Å². The monoisotopic (exact) mass is 518 g/mol. The quantitative estimate of drug-likeness (QED) is 0.398. The lowest BCUT2D eigenvalue weighted by Crippen LogP contribution is -2.55. The Bertz CT molecular complexity index is 1220. The van der Waals surface area contributed by atoms with Gasteiger partial charge in [0, 0.05) is 12.1 Å². The summed E-state index contributed by atoms with van der Waals surface area (Å²) in [5.74, 6) is -2.16. The molecule has 0 aliphatic carbocycles. The number of hydrogen-bond donors (Lipinski definition) is 0. The number of ether oxygens (including phenoxy) is 2. The zero-order valence-corrected chi connectivity index (χ0v) is 22.2. The van der Waals surface area contributed by atoms with Crippen LogP contribution in [0.3, 0.4) is 0 Å². The highest BCUT2D eigenvalue weighted by molar-refractivity contribution is 5.90. The number of aromatic nitrogens is 3. The molecule has 1 fully saturated rings. The normalized spacial score (nSPS) is 19.1. The molecule has 38 heavy (non-hydrogen) atoms. The second-order valence-corrected chi connectivity index (χ2v) is 9.64. The molecular formula is C29H34N4O5. The van der Waals surface area contributed by atoms with Crippen LogP contribution in [0.5, 0.6) is 0 Å². The van der Waals surface area contributed by atoms with Crippen molar-refractivity contribution < 1.29 is 23.9 Å². The molecular weight excluding hydrogens is 484 g/mol. The van der Waals surface area contributed by atoms with Crippen molar-refractivity contribution in [1.82, 2.24) is 19.9 Å². The smallest absolute Gasteiger partial charge is 0.328 e. The molecule has 2 aromatic carbocycles. The molecule has 0 radical (unpaired) electrons. The Morgan fingerprint density at radius 2 is 1.55 bits per heavy atom. The van der Waals surface area contributed by atoms with Crippen molar-refractivity contribution in [2.45, 2.75) is 57.2 Å². The first-order valence-electron chi connectivity index (χ1n) is 12.9. The van der Waals surface area contributed by atoms with Crippen LogP contribution < -0.4 is 0 Å². The molecule has 4 rings (SSSR count). The summed E-state index contributed by atoms with van der Waals surface area (Å²) in [6.07, 6.45) is 3.78. The maximum atomic E-state index is 14.2. The van der Waals surface area contributed by atoms with Crippen molar-refractivity contribution >= 4 is 17.8 Å². The lowest BCUT2D eigenvalue weighted by molar-refractivity contribution is -0.156. The van der Waals surface area contributed by atoms with E-state index >= 15 is 0 Å². The molecule has 1 saturated heterocycles. The van der Waals surface area contributed by atoms with Crippen LogP contribution in [-0.2, 0) is 35.9 Å². The molecule has 1 aliphatic rings. The second kappa shape index (κ2) is 11.6. The molecule has 3 atom stereocenters. The van der Waals surface area contributed by atoms with E-state index in [1.807, 2.05) is 60.7 Å². The van der Waals surface area contributed by atoms with Gasteiger partial charge >= 0.3 is 11.9 Å². The number of rotatable bonds is 9. The van der Waals surface area contributed by atoms with Gasteiger partial charge in [0.1, 0.15) is 18.1 Å². The predicted octanol–water partition coefficient (Wildman–Crippen LogP) is 3.69. The third kappa shape index (κ3) is 4.80. The van der Waals surface area contributed by atoms with Crippen molar-refractivity contribution in [3.63, 3.8) is 0 Å². The van der Waals surface area contributed by atoms with E-state index in [0.29, 0.717) is 11.1 Å². The van der Waals surface area contributed by atoms with Crippen LogP contribution in [0.1, 0.15) is 55.8 Å². The Hall–Kier alpha value is -4.01. The number of likely N-dealkylation sites (tertiary alicyclic amines) is 1. The van der Waals surface area contributed by atoms with Crippen molar-refractivity contribution in [2.75, 3.05) is 14.2 Å². The lowest BCUT2D eigenvalue weighted by atomic mass is 9.73. The fraction of sp³-hybridized carbons (Fsp3) is 0.414. The number of nitrogens with zero attached hydrogens (tertiary/aromatic N) is 4. The minimum atomic E-state index is -1.32. The van der Waals surface area contributed by atoms with Gasteiger partial charge in [-0.05, 0) is 24.0 Å². The van der Waals surface area contributed by atoms with Gasteiger partial charge in [-0.25, -0.2) is 9.48 Å². The molecule has 200 valence electrons. The molecule has 0 spiro atoms. The van der Waals surface area contributed by atoms with Gasteiger partial charge in [0.05, 0.1) is 25.8 Å². The molecule has 3 aromatic rings. The summed E-state index contributed by atoms with van der Waals surface area (Å²) in [6, 6.07) is 17.6. The molecule has 9 heteroatoms. The molecule has 1 amide bonds. The van der Waals surface area contributed by atoms with Gasteiger partial charge in [0.2, 0.25) is 5.91 Å². The average molecular weight is 519 g/mol. The standard InChI is InChI=1S/C29H34N4O5/c1-5-12-20(2)24-18-32(31-30-24)19-26(34)33-25(28(36)38-4)17-23(27(35)37-3)29(33,21-13-8-6-9-14-21)22-15-10-7-11-16-22/h6-11,13-16,18,20,23,25H,5,12,17,19H2,1-4H3/t20?,23-,25+/m0/s1. The van der Waals surface area contributed by atoms with E-state index in [1.54, 1.807) is 6.20 Å². The zero-order valence-electron chi connectivity index (χ0n) is 22.2. The fourth-order valence-corrected chi connectivity index (χ4v) is 5.67. The van der Waals surface area contributed by atoms with Crippen LogP contribution >= 0.6 is 0 Å². The van der Waals surface area contributed by atoms with Crippen molar-refractivity contribution in [3.05, 3.63) is 83.7 Å². The Morgan fingerprint density at radius 3 is 2.08 bits per heavy atom.